The molecular weight excluding hydrogens is 210 g/mol. The molecule has 0 fully saturated rings. The van der Waals surface area contributed by atoms with Crippen LogP contribution in [0.15, 0.2) is 10.5 Å². The van der Waals surface area contributed by atoms with Crippen LogP contribution in [0.2, 0.25) is 0 Å². The number of nitrogens with two attached hydrogens (primary N) is 1. The molecule has 0 atom stereocenters. The van der Waals surface area contributed by atoms with Crippen LogP contribution in [0.3, 0.4) is 0 Å². The molecule has 17 heavy (non-hydrogen) atoms. The van der Waals surface area contributed by atoms with Crippen LogP contribution in [0.25, 0.3) is 11.0 Å². The maximum atomic E-state index is 5.98. The van der Waals surface area contributed by atoms with Crippen molar-refractivity contribution in [3.8, 4) is 0 Å². The van der Waals surface area contributed by atoms with Gasteiger partial charge in [0.2, 0.25) is 0 Å². The molecule has 0 radical (unpaired) electrons. The van der Waals surface area contributed by atoms with Crippen molar-refractivity contribution in [3.63, 3.8) is 0 Å². The summed E-state index contributed by atoms with van der Waals surface area (Å²) in [5, 5.41) is 1.27. The molecule has 0 saturated heterocycles. The van der Waals surface area contributed by atoms with Gasteiger partial charge in [-0.3, -0.25) is 0 Å². The molecule has 2 aromatic rings. The first-order valence-electron chi connectivity index (χ1n) is 6.19. The van der Waals surface area contributed by atoms with Crippen LogP contribution >= 0.6 is 0 Å². The van der Waals surface area contributed by atoms with Gasteiger partial charge in [-0.1, -0.05) is 19.9 Å². The molecule has 0 aliphatic rings. The number of hydrogen-bond acceptors (Lipinski definition) is 2. The van der Waals surface area contributed by atoms with Gasteiger partial charge >= 0.3 is 0 Å². The average molecular weight is 231 g/mol. The summed E-state index contributed by atoms with van der Waals surface area (Å²) in [7, 11) is 0. The van der Waals surface area contributed by atoms with Crippen LogP contribution in [0.4, 0.5) is 0 Å². The summed E-state index contributed by atoms with van der Waals surface area (Å²) in [6.45, 7) is 11.2. The van der Waals surface area contributed by atoms with E-state index in [9.17, 15) is 0 Å². The third-order valence-corrected chi connectivity index (χ3v) is 3.54. The predicted molar refractivity (Wildman–Crippen MR) is 72.4 cm³/mol. The number of benzene rings is 1. The molecule has 1 heterocycles. The van der Waals surface area contributed by atoms with E-state index in [4.69, 9.17) is 10.2 Å². The zero-order chi connectivity index (χ0) is 12.7. The summed E-state index contributed by atoms with van der Waals surface area (Å²) in [4.78, 5) is 0. The van der Waals surface area contributed by atoms with Gasteiger partial charge in [0.05, 0.1) is 6.54 Å². The monoisotopic (exact) mass is 231 g/mol. The zero-order valence-electron chi connectivity index (χ0n) is 11.3. The lowest BCUT2D eigenvalue weighted by atomic mass is 9.94. The number of hydrogen-bond donors (Lipinski definition) is 1. The number of furan rings is 1. The number of rotatable bonds is 2. The normalized spacial score (nSPS) is 11.7. The first kappa shape index (κ1) is 12.2. The van der Waals surface area contributed by atoms with Crippen molar-refractivity contribution in [1.29, 1.82) is 0 Å². The van der Waals surface area contributed by atoms with Gasteiger partial charge in [0.15, 0.2) is 0 Å². The lowest BCUT2D eigenvalue weighted by Crippen LogP contribution is -2.00. The predicted octanol–water partition coefficient (Wildman–Crippen LogP) is 3.94. The highest BCUT2D eigenvalue weighted by molar-refractivity contribution is 5.89. The van der Waals surface area contributed by atoms with Gasteiger partial charge in [-0.15, -0.1) is 0 Å². The maximum Gasteiger partial charge on any atom is 0.138 e. The van der Waals surface area contributed by atoms with E-state index in [0.29, 0.717) is 12.5 Å². The Hall–Kier alpha value is -1.28. The second-order valence-electron chi connectivity index (χ2n) is 5.14. The summed E-state index contributed by atoms with van der Waals surface area (Å²) < 4.78 is 5.98. The van der Waals surface area contributed by atoms with E-state index in [0.717, 1.165) is 11.3 Å². The average Bonchev–Trinajstić information content (AvgIpc) is 2.65. The summed E-state index contributed by atoms with van der Waals surface area (Å²) in [5.74, 6) is 1.38. The minimum Gasteiger partial charge on any atom is -0.459 e. The van der Waals surface area contributed by atoms with E-state index in [1.165, 1.54) is 27.6 Å². The Morgan fingerprint density at radius 3 is 2.35 bits per heavy atom. The van der Waals surface area contributed by atoms with Crippen LogP contribution in [0, 0.1) is 20.8 Å². The quantitative estimate of drug-likeness (QED) is 0.850. The van der Waals surface area contributed by atoms with Crippen molar-refractivity contribution in [2.75, 3.05) is 0 Å². The third-order valence-electron chi connectivity index (χ3n) is 3.54. The maximum absolute atomic E-state index is 5.98. The van der Waals surface area contributed by atoms with Crippen molar-refractivity contribution >= 4 is 11.0 Å². The Balaban J connectivity index is 2.93. The Bertz CT molecular complexity index is 564. The molecule has 2 nitrogen and oxygen atoms in total. The van der Waals surface area contributed by atoms with Gasteiger partial charge in [-0.05, 0) is 43.4 Å². The summed E-state index contributed by atoms with van der Waals surface area (Å²) >= 11 is 0. The lowest BCUT2D eigenvalue weighted by Gasteiger charge is -2.08. The Kier molecular flexibility index (Phi) is 3.00. The van der Waals surface area contributed by atoms with Gasteiger partial charge in [0.25, 0.3) is 0 Å². The molecule has 0 amide bonds. The fourth-order valence-corrected chi connectivity index (χ4v) is 2.59. The van der Waals surface area contributed by atoms with Crippen LogP contribution in [0.1, 0.15) is 47.8 Å². The molecule has 0 saturated carbocycles. The van der Waals surface area contributed by atoms with Gasteiger partial charge in [0, 0.05) is 10.9 Å². The van der Waals surface area contributed by atoms with E-state index in [2.05, 4.69) is 40.7 Å². The second-order valence-corrected chi connectivity index (χ2v) is 5.14. The Morgan fingerprint density at radius 1 is 1.18 bits per heavy atom. The first-order chi connectivity index (χ1) is 7.97. The molecular formula is C15H21NO. The number of fused-ring (bicyclic) bond motifs is 1. The molecule has 0 spiro atoms. The standard InChI is InChI=1S/C15H21NO/c1-8(2)13-12(7-16)17-15-11(5)9(3)6-10(4)14(13)15/h6,8H,7,16H2,1-5H3. The van der Waals surface area contributed by atoms with Gasteiger partial charge < -0.3 is 10.2 Å². The van der Waals surface area contributed by atoms with Crippen molar-refractivity contribution in [2.24, 2.45) is 5.73 Å². The minimum atomic E-state index is 0.440. The highest BCUT2D eigenvalue weighted by Crippen LogP contribution is 2.36. The molecule has 2 heteroatoms. The Labute approximate surface area is 103 Å². The van der Waals surface area contributed by atoms with E-state index in [1.807, 2.05) is 0 Å². The van der Waals surface area contributed by atoms with E-state index in [-0.39, 0.29) is 0 Å². The topological polar surface area (TPSA) is 39.2 Å². The molecule has 0 unspecified atom stereocenters. The van der Waals surface area contributed by atoms with Crippen LogP contribution in [-0.2, 0) is 6.54 Å². The molecule has 2 N–H and O–H groups in total. The molecule has 2 rings (SSSR count). The fourth-order valence-electron chi connectivity index (χ4n) is 2.59. The van der Waals surface area contributed by atoms with E-state index in [1.54, 1.807) is 0 Å². The fraction of sp³-hybridized carbons (Fsp3) is 0.467. The highest BCUT2D eigenvalue weighted by atomic mass is 16.3. The molecule has 0 aliphatic heterocycles. The van der Waals surface area contributed by atoms with Crippen LogP contribution in [-0.4, -0.2) is 0 Å². The zero-order valence-corrected chi connectivity index (χ0v) is 11.3. The molecule has 1 aromatic carbocycles. The van der Waals surface area contributed by atoms with Crippen molar-refractivity contribution in [2.45, 2.75) is 47.1 Å². The molecule has 1 aromatic heterocycles. The SMILES string of the molecule is Cc1cc(C)c2c(C(C)C)c(CN)oc2c1C. The van der Waals surface area contributed by atoms with Crippen molar-refractivity contribution in [3.05, 3.63) is 34.1 Å². The smallest absolute Gasteiger partial charge is 0.138 e. The number of aryl methyl sites for hydroxylation is 3. The minimum absolute atomic E-state index is 0.440. The van der Waals surface area contributed by atoms with Crippen molar-refractivity contribution < 1.29 is 4.42 Å². The van der Waals surface area contributed by atoms with Gasteiger partial charge in [-0.2, -0.15) is 0 Å². The van der Waals surface area contributed by atoms with Gasteiger partial charge in [0.1, 0.15) is 11.3 Å². The molecule has 92 valence electrons. The Morgan fingerprint density at radius 2 is 1.82 bits per heavy atom. The third kappa shape index (κ3) is 1.77. The second kappa shape index (κ2) is 4.19. The van der Waals surface area contributed by atoms with Gasteiger partial charge in [-0.25, -0.2) is 0 Å². The summed E-state index contributed by atoms with van der Waals surface area (Å²) in [5.41, 5.74) is 11.9. The molecule has 0 aliphatic carbocycles. The first-order valence-corrected chi connectivity index (χ1v) is 6.19. The lowest BCUT2D eigenvalue weighted by molar-refractivity contribution is 0.539. The van der Waals surface area contributed by atoms with Crippen molar-refractivity contribution in [1.82, 2.24) is 0 Å². The summed E-state index contributed by atoms with van der Waals surface area (Å²) in [6, 6.07) is 2.24. The highest BCUT2D eigenvalue weighted by Gasteiger charge is 2.19. The van der Waals surface area contributed by atoms with E-state index < -0.39 is 0 Å². The van der Waals surface area contributed by atoms with E-state index >= 15 is 0 Å². The largest absolute Gasteiger partial charge is 0.459 e. The van der Waals surface area contributed by atoms with Crippen LogP contribution < -0.4 is 5.73 Å². The summed E-state index contributed by atoms with van der Waals surface area (Å²) in [6.07, 6.45) is 0. The van der Waals surface area contributed by atoms with Crippen LogP contribution in [0.5, 0.6) is 0 Å². The molecule has 0 bridgehead atoms.